The number of aryl methyl sites for hydroxylation is 1. The highest BCUT2D eigenvalue weighted by Crippen LogP contribution is 2.28. The van der Waals surface area contributed by atoms with Crippen LogP contribution in [-0.2, 0) is 26.2 Å². The first kappa shape index (κ1) is 31.3. The molecule has 0 bridgehead atoms. The number of benzene rings is 4. The van der Waals surface area contributed by atoms with E-state index in [0.29, 0.717) is 11.5 Å². The van der Waals surface area contributed by atoms with Gasteiger partial charge in [0, 0.05) is 12.6 Å². The molecule has 0 fully saturated rings. The molecule has 0 aliphatic rings. The van der Waals surface area contributed by atoms with Crippen LogP contribution in [0.2, 0.25) is 0 Å². The van der Waals surface area contributed by atoms with Crippen LogP contribution in [0.3, 0.4) is 0 Å². The van der Waals surface area contributed by atoms with Gasteiger partial charge in [0.15, 0.2) is 0 Å². The molecule has 43 heavy (non-hydrogen) atoms. The van der Waals surface area contributed by atoms with Gasteiger partial charge in [0.1, 0.15) is 24.1 Å². The van der Waals surface area contributed by atoms with E-state index in [1.807, 2.05) is 75.4 Å². The molecule has 1 N–H and O–H groups in total. The van der Waals surface area contributed by atoms with E-state index in [-0.39, 0.29) is 29.1 Å². The molecule has 0 radical (unpaired) electrons. The van der Waals surface area contributed by atoms with Gasteiger partial charge in [-0.3, -0.25) is 13.9 Å². The number of nitrogens with zero attached hydrogens (tertiary/aromatic N) is 2. The van der Waals surface area contributed by atoms with Crippen molar-refractivity contribution in [2.75, 3.05) is 10.8 Å². The van der Waals surface area contributed by atoms with Crippen LogP contribution < -0.4 is 14.4 Å². The first-order chi connectivity index (χ1) is 20.6. The van der Waals surface area contributed by atoms with Gasteiger partial charge in [-0.05, 0) is 87.4 Å². The topological polar surface area (TPSA) is 96.0 Å². The van der Waals surface area contributed by atoms with Gasteiger partial charge in [-0.1, -0.05) is 60.7 Å². The quantitative estimate of drug-likeness (QED) is 0.218. The lowest BCUT2D eigenvalue weighted by Gasteiger charge is -2.32. The van der Waals surface area contributed by atoms with Crippen LogP contribution >= 0.6 is 0 Å². The Morgan fingerprint density at radius 3 is 1.93 bits per heavy atom. The minimum atomic E-state index is -4.16. The predicted molar refractivity (Wildman–Crippen MR) is 168 cm³/mol. The van der Waals surface area contributed by atoms with Gasteiger partial charge in [-0.25, -0.2) is 8.42 Å². The van der Waals surface area contributed by atoms with Gasteiger partial charge in [0.05, 0.1) is 10.6 Å². The maximum absolute atomic E-state index is 14.1. The van der Waals surface area contributed by atoms with Crippen molar-refractivity contribution in [3.63, 3.8) is 0 Å². The Bertz CT molecular complexity index is 1630. The van der Waals surface area contributed by atoms with Crippen LogP contribution in [0.4, 0.5) is 5.69 Å². The second-order valence-corrected chi connectivity index (χ2v) is 12.4. The largest absolute Gasteiger partial charge is 0.457 e. The van der Waals surface area contributed by atoms with E-state index in [4.69, 9.17) is 4.74 Å². The number of carbonyl (C=O) groups excluding carboxylic acids is 2. The van der Waals surface area contributed by atoms with Gasteiger partial charge in [-0.15, -0.1) is 0 Å². The van der Waals surface area contributed by atoms with Crippen molar-refractivity contribution >= 4 is 27.5 Å². The number of carbonyl (C=O) groups is 2. The first-order valence-corrected chi connectivity index (χ1v) is 15.6. The Hall–Kier alpha value is -4.63. The molecule has 8 nitrogen and oxygen atoms in total. The Labute approximate surface area is 254 Å². The lowest BCUT2D eigenvalue weighted by atomic mass is 10.1. The van der Waals surface area contributed by atoms with Gasteiger partial charge in [0.25, 0.3) is 10.0 Å². The predicted octanol–water partition coefficient (Wildman–Crippen LogP) is 5.92. The van der Waals surface area contributed by atoms with Gasteiger partial charge in [0.2, 0.25) is 11.8 Å². The molecule has 9 heteroatoms. The van der Waals surface area contributed by atoms with Crippen molar-refractivity contribution in [1.82, 2.24) is 10.2 Å². The zero-order valence-electron chi connectivity index (χ0n) is 24.8. The molecule has 0 saturated heterocycles. The van der Waals surface area contributed by atoms with Crippen molar-refractivity contribution < 1.29 is 22.7 Å². The molecule has 0 unspecified atom stereocenters. The summed E-state index contributed by atoms with van der Waals surface area (Å²) in [7, 11) is -4.16. The highest BCUT2D eigenvalue weighted by Gasteiger charge is 2.32. The van der Waals surface area contributed by atoms with E-state index in [1.54, 1.807) is 49.4 Å². The summed E-state index contributed by atoms with van der Waals surface area (Å²) in [5, 5.41) is 2.87. The Morgan fingerprint density at radius 2 is 1.33 bits per heavy atom. The third-order valence-corrected chi connectivity index (χ3v) is 8.70. The van der Waals surface area contributed by atoms with Crippen molar-refractivity contribution in [2.45, 2.75) is 51.2 Å². The fourth-order valence-corrected chi connectivity index (χ4v) is 5.95. The SMILES string of the molecule is Cc1ccccc1CN(C(=O)CN(c1ccc(Oc2ccccc2)cc1)S(=O)(=O)c1ccccc1)[C@H](C)C(=O)NC(C)C. The van der Waals surface area contributed by atoms with Crippen molar-refractivity contribution in [3.8, 4) is 11.5 Å². The highest BCUT2D eigenvalue weighted by molar-refractivity contribution is 7.92. The van der Waals surface area contributed by atoms with E-state index < -0.39 is 28.5 Å². The lowest BCUT2D eigenvalue weighted by Crippen LogP contribution is -2.52. The second kappa shape index (κ2) is 14.0. The molecule has 4 rings (SSSR count). The van der Waals surface area contributed by atoms with E-state index >= 15 is 0 Å². The third kappa shape index (κ3) is 8.02. The van der Waals surface area contributed by atoms with Gasteiger partial charge in [-0.2, -0.15) is 0 Å². The average molecular weight is 600 g/mol. The Kier molecular flexibility index (Phi) is 10.2. The number of anilines is 1. The number of amides is 2. The molecule has 4 aromatic rings. The fourth-order valence-electron chi connectivity index (χ4n) is 4.51. The minimum absolute atomic E-state index is 0.0449. The summed E-state index contributed by atoms with van der Waals surface area (Å²) in [6.07, 6.45) is 0. The Morgan fingerprint density at radius 1 is 0.767 bits per heavy atom. The van der Waals surface area contributed by atoms with Crippen LogP contribution in [0.15, 0.2) is 114 Å². The van der Waals surface area contributed by atoms with E-state index in [1.165, 1.54) is 17.0 Å². The Balaban J connectivity index is 1.70. The van der Waals surface area contributed by atoms with Gasteiger partial charge < -0.3 is 15.0 Å². The molecule has 0 aromatic heterocycles. The summed E-state index contributed by atoms with van der Waals surface area (Å²) < 4.78 is 34.9. The van der Waals surface area contributed by atoms with Crippen LogP contribution in [0.25, 0.3) is 0 Å². The van der Waals surface area contributed by atoms with Crippen molar-refractivity contribution in [2.24, 2.45) is 0 Å². The molecule has 0 spiro atoms. The molecule has 0 saturated carbocycles. The number of rotatable bonds is 12. The third-order valence-electron chi connectivity index (χ3n) is 6.91. The van der Waals surface area contributed by atoms with E-state index in [2.05, 4.69) is 5.32 Å². The maximum Gasteiger partial charge on any atom is 0.264 e. The number of para-hydroxylation sites is 1. The smallest absolute Gasteiger partial charge is 0.264 e. The molecular weight excluding hydrogens is 562 g/mol. The fraction of sp³-hybridized carbons (Fsp3) is 0.235. The monoisotopic (exact) mass is 599 g/mol. The highest BCUT2D eigenvalue weighted by atomic mass is 32.2. The normalized spacial score (nSPS) is 11.9. The summed E-state index contributed by atoms with van der Waals surface area (Å²) >= 11 is 0. The zero-order chi connectivity index (χ0) is 31.0. The van der Waals surface area contributed by atoms with Crippen LogP contribution in [0.1, 0.15) is 31.9 Å². The van der Waals surface area contributed by atoms with Crippen LogP contribution in [-0.4, -0.2) is 43.8 Å². The van der Waals surface area contributed by atoms with E-state index in [0.717, 1.165) is 15.4 Å². The number of sulfonamides is 1. The van der Waals surface area contributed by atoms with E-state index in [9.17, 15) is 18.0 Å². The zero-order valence-corrected chi connectivity index (χ0v) is 25.6. The summed E-state index contributed by atoms with van der Waals surface area (Å²) in [6, 6.07) is 30.3. The summed E-state index contributed by atoms with van der Waals surface area (Å²) in [4.78, 5) is 28.6. The minimum Gasteiger partial charge on any atom is -0.457 e. The second-order valence-electron chi connectivity index (χ2n) is 10.5. The van der Waals surface area contributed by atoms with Crippen molar-refractivity contribution in [3.05, 3.63) is 120 Å². The number of ether oxygens (including phenoxy) is 1. The molecule has 0 heterocycles. The molecule has 4 aromatic carbocycles. The standard InChI is InChI=1S/C34H37N3O5S/c1-25(2)35-34(39)27(4)36(23-28-14-12-11-13-26(28)3)33(38)24-37(43(40,41)32-17-9-6-10-18-32)29-19-21-31(22-20-29)42-30-15-7-5-8-16-30/h5-22,25,27H,23-24H2,1-4H3,(H,35,39)/t27-/m1/s1. The lowest BCUT2D eigenvalue weighted by molar-refractivity contribution is -0.139. The summed E-state index contributed by atoms with van der Waals surface area (Å²) in [5.41, 5.74) is 2.10. The molecular formula is C34H37N3O5S. The van der Waals surface area contributed by atoms with Crippen molar-refractivity contribution in [1.29, 1.82) is 0 Å². The average Bonchev–Trinajstić information content (AvgIpc) is 3.00. The number of hydrogen-bond donors (Lipinski definition) is 1. The first-order valence-electron chi connectivity index (χ1n) is 14.1. The molecule has 1 atom stereocenters. The van der Waals surface area contributed by atoms with Crippen LogP contribution in [0.5, 0.6) is 11.5 Å². The number of nitrogens with one attached hydrogen (secondary N) is 1. The summed E-state index contributed by atoms with van der Waals surface area (Å²) in [5.74, 6) is 0.314. The molecule has 2 amide bonds. The number of hydrogen-bond acceptors (Lipinski definition) is 5. The van der Waals surface area contributed by atoms with Gasteiger partial charge >= 0.3 is 0 Å². The summed E-state index contributed by atoms with van der Waals surface area (Å²) in [6.45, 7) is 6.90. The maximum atomic E-state index is 14.1. The molecule has 224 valence electrons. The molecule has 0 aliphatic heterocycles. The molecule has 0 aliphatic carbocycles. The van der Waals surface area contributed by atoms with Crippen LogP contribution in [0, 0.1) is 6.92 Å².